The Morgan fingerprint density at radius 3 is 2.61 bits per heavy atom. The first-order chi connectivity index (χ1) is 16.2. The van der Waals surface area contributed by atoms with E-state index in [2.05, 4.69) is 33.2 Å². The highest BCUT2D eigenvalue weighted by atomic mass is 16.1. The minimum atomic E-state index is -0.127. The number of piperidine rings is 1. The SMILES string of the molecule is CC1CCN(c2ccc(CNC(=O)c3cc(-c4ccncc4)nc4ccccc34)cn2)CC1. The van der Waals surface area contributed by atoms with Gasteiger partial charge in [0.05, 0.1) is 16.8 Å². The Balaban J connectivity index is 1.33. The summed E-state index contributed by atoms with van der Waals surface area (Å²) in [5, 5.41) is 3.89. The summed E-state index contributed by atoms with van der Waals surface area (Å²) in [5.74, 6) is 1.68. The lowest BCUT2D eigenvalue weighted by Gasteiger charge is -2.31. The zero-order chi connectivity index (χ0) is 22.6. The first kappa shape index (κ1) is 21.1. The molecule has 0 unspecified atom stereocenters. The normalized spacial score (nSPS) is 14.4. The Kier molecular flexibility index (Phi) is 5.98. The maximum atomic E-state index is 13.2. The Morgan fingerprint density at radius 2 is 1.85 bits per heavy atom. The van der Waals surface area contributed by atoms with Crippen molar-refractivity contribution in [1.82, 2.24) is 20.3 Å². The second kappa shape index (κ2) is 9.36. The smallest absolute Gasteiger partial charge is 0.252 e. The highest BCUT2D eigenvalue weighted by Gasteiger charge is 2.17. The molecule has 0 spiro atoms. The molecule has 166 valence electrons. The van der Waals surface area contributed by atoms with Gasteiger partial charge in [-0.1, -0.05) is 31.2 Å². The van der Waals surface area contributed by atoms with Gasteiger partial charge in [-0.3, -0.25) is 9.78 Å². The summed E-state index contributed by atoms with van der Waals surface area (Å²) < 4.78 is 0. The van der Waals surface area contributed by atoms with Crippen LogP contribution in [0.4, 0.5) is 5.82 Å². The zero-order valence-electron chi connectivity index (χ0n) is 18.7. The van der Waals surface area contributed by atoms with Crippen molar-refractivity contribution < 1.29 is 4.79 Å². The van der Waals surface area contributed by atoms with E-state index in [1.807, 2.05) is 54.7 Å². The van der Waals surface area contributed by atoms with Gasteiger partial charge in [-0.15, -0.1) is 0 Å². The summed E-state index contributed by atoms with van der Waals surface area (Å²) in [7, 11) is 0. The molecular formula is C27H27N5O. The van der Waals surface area contributed by atoms with E-state index in [0.717, 1.165) is 52.5 Å². The summed E-state index contributed by atoms with van der Waals surface area (Å²) in [4.78, 5) is 29.0. The van der Waals surface area contributed by atoms with Gasteiger partial charge in [0, 0.05) is 49.2 Å². The number of aromatic nitrogens is 3. The van der Waals surface area contributed by atoms with Gasteiger partial charge in [0.25, 0.3) is 5.91 Å². The van der Waals surface area contributed by atoms with Crippen molar-refractivity contribution in [3.05, 3.63) is 84.3 Å². The molecular weight excluding hydrogens is 410 g/mol. The molecule has 1 aliphatic rings. The van der Waals surface area contributed by atoms with Crippen LogP contribution in [0.15, 0.2) is 73.2 Å². The monoisotopic (exact) mass is 437 g/mol. The lowest BCUT2D eigenvalue weighted by Crippen LogP contribution is -2.33. The molecule has 0 radical (unpaired) electrons. The number of carbonyl (C=O) groups is 1. The number of nitrogens with one attached hydrogen (secondary N) is 1. The van der Waals surface area contributed by atoms with E-state index in [4.69, 9.17) is 4.98 Å². The van der Waals surface area contributed by atoms with E-state index < -0.39 is 0 Å². The molecule has 1 fully saturated rings. The van der Waals surface area contributed by atoms with Crippen molar-refractivity contribution in [1.29, 1.82) is 0 Å². The van der Waals surface area contributed by atoms with E-state index in [1.165, 1.54) is 12.8 Å². The van der Waals surface area contributed by atoms with Gasteiger partial charge in [-0.05, 0) is 54.7 Å². The Labute approximate surface area is 193 Å². The molecule has 1 amide bonds. The Bertz CT molecular complexity index is 1250. The number of amides is 1. The van der Waals surface area contributed by atoms with Gasteiger partial charge in [0.15, 0.2) is 0 Å². The predicted octanol–water partition coefficient (Wildman–Crippen LogP) is 4.86. The van der Waals surface area contributed by atoms with Crippen molar-refractivity contribution in [3.8, 4) is 11.3 Å². The zero-order valence-corrected chi connectivity index (χ0v) is 18.7. The lowest BCUT2D eigenvalue weighted by atomic mass is 9.99. The van der Waals surface area contributed by atoms with Crippen LogP contribution in [0.2, 0.25) is 0 Å². The van der Waals surface area contributed by atoms with Crippen LogP contribution in [0.5, 0.6) is 0 Å². The molecule has 0 aliphatic carbocycles. The fourth-order valence-electron chi connectivity index (χ4n) is 4.26. The van der Waals surface area contributed by atoms with Crippen LogP contribution in [0.3, 0.4) is 0 Å². The summed E-state index contributed by atoms with van der Waals surface area (Å²) in [5.41, 5.74) is 4.06. The number of pyridine rings is 3. The van der Waals surface area contributed by atoms with Crippen molar-refractivity contribution >= 4 is 22.6 Å². The molecule has 33 heavy (non-hydrogen) atoms. The maximum absolute atomic E-state index is 13.2. The molecule has 6 heteroatoms. The van der Waals surface area contributed by atoms with Gasteiger partial charge in [0.2, 0.25) is 0 Å². The molecule has 1 aliphatic heterocycles. The van der Waals surface area contributed by atoms with Gasteiger partial charge in [-0.25, -0.2) is 9.97 Å². The van der Waals surface area contributed by atoms with Crippen LogP contribution in [0.25, 0.3) is 22.2 Å². The number of carbonyl (C=O) groups excluding carboxylic acids is 1. The molecule has 4 heterocycles. The second-order valence-corrected chi connectivity index (χ2v) is 8.68. The molecule has 1 saturated heterocycles. The van der Waals surface area contributed by atoms with Crippen molar-refractivity contribution in [2.45, 2.75) is 26.3 Å². The predicted molar refractivity (Wildman–Crippen MR) is 131 cm³/mol. The first-order valence-electron chi connectivity index (χ1n) is 11.5. The lowest BCUT2D eigenvalue weighted by molar-refractivity contribution is 0.0952. The quantitative estimate of drug-likeness (QED) is 0.483. The van der Waals surface area contributed by atoms with Gasteiger partial charge < -0.3 is 10.2 Å². The molecule has 1 aromatic carbocycles. The molecule has 5 rings (SSSR count). The van der Waals surface area contributed by atoms with E-state index in [-0.39, 0.29) is 5.91 Å². The summed E-state index contributed by atoms with van der Waals surface area (Å²) in [6.07, 6.45) is 7.74. The number of fused-ring (bicyclic) bond motifs is 1. The van der Waals surface area contributed by atoms with Crippen LogP contribution in [-0.4, -0.2) is 33.9 Å². The average Bonchev–Trinajstić information content (AvgIpc) is 2.88. The van der Waals surface area contributed by atoms with Crippen LogP contribution in [0, 0.1) is 5.92 Å². The van der Waals surface area contributed by atoms with E-state index in [0.29, 0.717) is 12.1 Å². The van der Waals surface area contributed by atoms with Crippen molar-refractivity contribution in [2.24, 2.45) is 5.92 Å². The van der Waals surface area contributed by atoms with Gasteiger partial charge >= 0.3 is 0 Å². The largest absolute Gasteiger partial charge is 0.357 e. The molecule has 3 aromatic heterocycles. The van der Waals surface area contributed by atoms with E-state index >= 15 is 0 Å². The van der Waals surface area contributed by atoms with Crippen LogP contribution < -0.4 is 10.2 Å². The molecule has 6 nitrogen and oxygen atoms in total. The topological polar surface area (TPSA) is 71.0 Å². The van der Waals surface area contributed by atoms with E-state index in [1.54, 1.807) is 12.4 Å². The molecule has 1 N–H and O–H groups in total. The highest BCUT2D eigenvalue weighted by Crippen LogP contribution is 2.25. The maximum Gasteiger partial charge on any atom is 0.252 e. The molecule has 0 saturated carbocycles. The number of para-hydroxylation sites is 1. The summed E-state index contributed by atoms with van der Waals surface area (Å²) in [6.45, 7) is 4.84. The number of anilines is 1. The number of nitrogens with zero attached hydrogens (tertiary/aromatic N) is 4. The number of hydrogen-bond acceptors (Lipinski definition) is 5. The third kappa shape index (κ3) is 4.70. The third-order valence-corrected chi connectivity index (χ3v) is 6.31. The van der Waals surface area contributed by atoms with E-state index in [9.17, 15) is 4.79 Å². The molecule has 4 aromatic rings. The first-order valence-corrected chi connectivity index (χ1v) is 11.5. The fraction of sp³-hybridized carbons (Fsp3) is 0.259. The Hall–Kier alpha value is -3.80. The van der Waals surface area contributed by atoms with Crippen LogP contribution in [0.1, 0.15) is 35.7 Å². The van der Waals surface area contributed by atoms with Crippen LogP contribution >= 0.6 is 0 Å². The van der Waals surface area contributed by atoms with Gasteiger partial charge in [-0.2, -0.15) is 0 Å². The Morgan fingerprint density at radius 1 is 1.06 bits per heavy atom. The van der Waals surface area contributed by atoms with Crippen LogP contribution in [-0.2, 0) is 6.54 Å². The summed E-state index contributed by atoms with van der Waals surface area (Å²) >= 11 is 0. The van der Waals surface area contributed by atoms with Gasteiger partial charge in [0.1, 0.15) is 5.82 Å². The fourth-order valence-corrected chi connectivity index (χ4v) is 4.26. The molecule has 0 bridgehead atoms. The standard InChI is InChI=1S/C27H27N5O/c1-19-10-14-32(15-11-19)26-7-6-20(17-29-26)18-30-27(33)23-16-25(21-8-12-28-13-9-21)31-24-5-3-2-4-22(23)24/h2-9,12-13,16-17,19H,10-11,14-15,18H2,1H3,(H,30,33). The molecule has 0 atom stereocenters. The van der Waals surface area contributed by atoms with Crippen molar-refractivity contribution in [2.75, 3.05) is 18.0 Å². The summed E-state index contributed by atoms with van der Waals surface area (Å²) in [6, 6.07) is 17.5. The number of benzene rings is 1. The number of hydrogen-bond donors (Lipinski definition) is 1. The second-order valence-electron chi connectivity index (χ2n) is 8.68. The van der Waals surface area contributed by atoms with Crippen molar-refractivity contribution in [3.63, 3.8) is 0 Å². The minimum absolute atomic E-state index is 0.127. The average molecular weight is 438 g/mol. The highest BCUT2D eigenvalue weighted by molar-refractivity contribution is 6.07. The minimum Gasteiger partial charge on any atom is -0.357 e. The number of rotatable bonds is 5. The third-order valence-electron chi connectivity index (χ3n) is 6.31.